The van der Waals surface area contributed by atoms with E-state index in [1.54, 1.807) is 30.3 Å². The molecule has 156 valence electrons. The molecule has 1 N–H and O–H groups in total. The van der Waals surface area contributed by atoms with Gasteiger partial charge < -0.3 is 24.3 Å². The quantitative estimate of drug-likeness (QED) is 0.561. The van der Waals surface area contributed by atoms with Crippen molar-refractivity contribution in [1.29, 1.82) is 0 Å². The van der Waals surface area contributed by atoms with Gasteiger partial charge in [-0.25, -0.2) is 4.79 Å². The lowest BCUT2D eigenvalue weighted by molar-refractivity contribution is -0.217. The number of rotatable bonds is 5. The summed E-state index contributed by atoms with van der Waals surface area (Å²) in [5.74, 6) is -1.81. The molecule has 2 aliphatic rings. The van der Waals surface area contributed by atoms with Gasteiger partial charge in [0, 0.05) is 26.5 Å². The van der Waals surface area contributed by atoms with Gasteiger partial charge in [0.1, 0.15) is 18.8 Å². The first-order chi connectivity index (χ1) is 13.8. The molecule has 2 aliphatic heterocycles. The summed E-state index contributed by atoms with van der Waals surface area (Å²) in [7, 11) is 0. The lowest BCUT2D eigenvalue weighted by Crippen LogP contribution is -2.64. The number of esters is 3. The van der Waals surface area contributed by atoms with Crippen molar-refractivity contribution in [1.82, 2.24) is 5.32 Å². The van der Waals surface area contributed by atoms with Crippen LogP contribution in [0.15, 0.2) is 30.3 Å². The van der Waals surface area contributed by atoms with E-state index in [1.807, 2.05) is 0 Å². The van der Waals surface area contributed by atoms with Gasteiger partial charge in [-0.15, -0.1) is 0 Å². The zero-order valence-corrected chi connectivity index (χ0v) is 16.2. The highest BCUT2D eigenvalue weighted by molar-refractivity contribution is 5.95. The molecule has 2 amide bonds. The summed E-state index contributed by atoms with van der Waals surface area (Å²) in [5, 5.41) is 2.73. The van der Waals surface area contributed by atoms with Crippen LogP contribution in [0.2, 0.25) is 0 Å². The molecular weight excluding hydrogens is 384 g/mol. The summed E-state index contributed by atoms with van der Waals surface area (Å²) in [6.45, 7) is 3.39. The molecule has 10 nitrogen and oxygen atoms in total. The zero-order valence-electron chi connectivity index (χ0n) is 16.2. The summed E-state index contributed by atoms with van der Waals surface area (Å²) in [6.07, 6.45) is -3.93. The van der Waals surface area contributed by atoms with Crippen LogP contribution in [-0.4, -0.2) is 61.1 Å². The fraction of sp³-hybridized carbons (Fsp3) is 0.474. The van der Waals surface area contributed by atoms with Crippen LogP contribution >= 0.6 is 0 Å². The van der Waals surface area contributed by atoms with E-state index < -0.39 is 54.5 Å². The molecule has 1 aromatic rings. The third-order valence-corrected chi connectivity index (χ3v) is 4.52. The number of urea groups is 1. The van der Waals surface area contributed by atoms with Gasteiger partial charge in [0.25, 0.3) is 0 Å². The van der Waals surface area contributed by atoms with Crippen molar-refractivity contribution in [2.24, 2.45) is 0 Å². The molecule has 10 heteroatoms. The van der Waals surface area contributed by atoms with Gasteiger partial charge in [-0.05, 0) is 12.1 Å². The summed E-state index contributed by atoms with van der Waals surface area (Å²) in [4.78, 5) is 48.7. The molecule has 0 radical (unpaired) electrons. The van der Waals surface area contributed by atoms with Crippen LogP contribution in [-0.2, 0) is 33.3 Å². The number of para-hydroxylation sites is 1. The monoisotopic (exact) mass is 406 g/mol. The second-order valence-corrected chi connectivity index (χ2v) is 6.70. The van der Waals surface area contributed by atoms with Gasteiger partial charge >= 0.3 is 23.9 Å². The van der Waals surface area contributed by atoms with Crippen molar-refractivity contribution in [2.45, 2.75) is 51.4 Å². The number of carbonyl (C=O) groups excluding carboxylic acids is 4. The Morgan fingerprint density at radius 3 is 2.21 bits per heavy atom. The maximum atomic E-state index is 12.7. The molecule has 0 aliphatic carbocycles. The molecule has 29 heavy (non-hydrogen) atoms. The van der Waals surface area contributed by atoms with E-state index >= 15 is 0 Å². The van der Waals surface area contributed by atoms with Crippen LogP contribution in [0.5, 0.6) is 0 Å². The average molecular weight is 406 g/mol. The number of anilines is 1. The second-order valence-electron chi connectivity index (χ2n) is 6.70. The molecule has 2 heterocycles. The van der Waals surface area contributed by atoms with Gasteiger partial charge in [0.2, 0.25) is 0 Å². The standard InChI is InChI=1S/C19H22N2O8/c1-10(22)26-9-14-16(27-11(2)23)17(28-12(3)24)15-18(29-14)21(19(25)20-15)13-7-5-4-6-8-13/h4-8,14-18H,9H2,1-3H3,(H,20,25)/t14-,15-,16-,17-,18+/m1/s1. The van der Waals surface area contributed by atoms with Crippen LogP contribution in [0.4, 0.5) is 10.5 Å². The van der Waals surface area contributed by atoms with E-state index in [0.29, 0.717) is 5.69 Å². The van der Waals surface area contributed by atoms with E-state index in [0.717, 1.165) is 0 Å². The molecule has 5 atom stereocenters. The maximum absolute atomic E-state index is 12.7. The highest BCUT2D eigenvalue weighted by Gasteiger charge is 2.57. The highest BCUT2D eigenvalue weighted by atomic mass is 16.6. The van der Waals surface area contributed by atoms with Gasteiger partial charge in [-0.2, -0.15) is 0 Å². The number of amides is 2. The molecule has 0 unspecified atom stereocenters. The normalized spacial score (nSPS) is 28.2. The van der Waals surface area contributed by atoms with Crippen LogP contribution < -0.4 is 10.2 Å². The number of fused-ring (bicyclic) bond motifs is 1. The molecule has 1 aromatic carbocycles. The van der Waals surface area contributed by atoms with Gasteiger partial charge in [0.15, 0.2) is 18.4 Å². The highest BCUT2D eigenvalue weighted by Crippen LogP contribution is 2.34. The van der Waals surface area contributed by atoms with Crippen molar-refractivity contribution in [3.8, 4) is 0 Å². The van der Waals surface area contributed by atoms with Crippen LogP contribution in [0, 0.1) is 0 Å². The van der Waals surface area contributed by atoms with E-state index in [4.69, 9.17) is 18.9 Å². The number of benzene rings is 1. The molecule has 0 saturated carbocycles. The first kappa shape index (κ1) is 20.6. The van der Waals surface area contributed by atoms with E-state index in [-0.39, 0.29) is 6.61 Å². The maximum Gasteiger partial charge on any atom is 0.324 e. The molecular formula is C19H22N2O8. The number of ether oxygens (including phenoxy) is 4. The van der Waals surface area contributed by atoms with Crippen molar-refractivity contribution < 1.29 is 38.1 Å². The van der Waals surface area contributed by atoms with Crippen LogP contribution in [0.3, 0.4) is 0 Å². The Hall–Kier alpha value is -3.14. The number of carbonyl (C=O) groups is 4. The molecule has 0 aromatic heterocycles. The number of nitrogens with one attached hydrogen (secondary N) is 1. The van der Waals surface area contributed by atoms with Crippen molar-refractivity contribution in [2.75, 3.05) is 11.5 Å². The lowest BCUT2D eigenvalue weighted by Gasteiger charge is -2.43. The molecule has 0 spiro atoms. The lowest BCUT2D eigenvalue weighted by atomic mass is 9.96. The minimum Gasteiger partial charge on any atom is -0.463 e. The Morgan fingerprint density at radius 2 is 1.62 bits per heavy atom. The van der Waals surface area contributed by atoms with Crippen molar-refractivity contribution in [3.05, 3.63) is 30.3 Å². The smallest absolute Gasteiger partial charge is 0.324 e. The van der Waals surface area contributed by atoms with E-state index in [2.05, 4.69) is 5.32 Å². The third kappa shape index (κ3) is 4.48. The predicted molar refractivity (Wildman–Crippen MR) is 97.6 cm³/mol. The van der Waals surface area contributed by atoms with Gasteiger partial charge in [-0.3, -0.25) is 19.3 Å². The van der Waals surface area contributed by atoms with Crippen molar-refractivity contribution in [3.63, 3.8) is 0 Å². The van der Waals surface area contributed by atoms with E-state index in [9.17, 15) is 19.2 Å². The number of hydrogen-bond acceptors (Lipinski definition) is 8. The van der Waals surface area contributed by atoms with Crippen LogP contribution in [0.25, 0.3) is 0 Å². The molecule has 3 rings (SSSR count). The first-order valence-corrected chi connectivity index (χ1v) is 9.06. The van der Waals surface area contributed by atoms with Crippen LogP contribution in [0.1, 0.15) is 20.8 Å². The van der Waals surface area contributed by atoms with Gasteiger partial charge in [-0.1, -0.05) is 18.2 Å². The van der Waals surface area contributed by atoms with Gasteiger partial charge in [0.05, 0.1) is 0 Å². The Morgan fingerprint density at radius 1 is 1.00 bits per heavy atom. The largest absolute Gasteiger partial charge is 0.463 e. The topological polar surface area (TPSA) is 120 Å². The minimum absolute atomic E-state index is 0.245. The average Bonchev–Trinajstić information content (AvgIpc) is 2.98. The second kappa shape index (κ2) is 8.48. The Kier molecular flexibility index (Phi) is 6.02. The Bertz CT molecular complexity index is 799. The van der Waals surface area contributed by atoms with Crippen molar-refractivity contribution >= 4 is 29.6 Å². The Labute approximate surface area is 167 Å². The first-order valence-electron chi connectivity index (χ1n) is 9.06. The SMILES string of the molecule is CC(=O)OC[C@H]1O[C@H]2[C@H](NC(=O)N2c2ccccc2)[C@@H](OC(C)=O)[C@@H]1OC(C)=O. The fourth-order valence-corrected chi connectivity index (χ4v) is 3.47. The summed E-state index contributed by atoms with van der Waals surface area (Å²) in [6, 6.07) is 7.53. The molecule has 2 fully saturated rings. The molecule has 2 saturated heterocycles. The summed E-state index contributed by atoms with van der Waals surface area (Å²) >= 11 is 0. The molecule has 0 bridgehead atoms. The summed E-state index contributed by atoms with van der Waals surface area (Å²) in [5.41, 5.74) is 0.566. The number of nitrogens with zero attached hydrogens (tertiary/aromatic N) is 1. The minimum atomic E-state index is -1.08. The zero-order chi connectivity index (χ0) is 21.1. The van der Waals surface area contributed by atoms with E-state index in [1.165, 1.54) is 25.7 Å². The number of hydrogen-bond donors (Lipinski definition) is 1. The third-order valence-electron chi connectivity index (χ3n) is 4.52. The Balaban J connectivity index is 1.97. The summed E-state index contributed by atoms with van der Waals surface area (Å²) < 4.78 is 21.8. The fourth-order valence-electron chi connectivity index (χ4n) is 3.47. The predicted octanol–water partition coefficient (Wildman–Crippen LogP) is 0.736.